The van der Waals surface area contributed by atoms with Gasteiger partial charge in [0, 0.05) is 24.3 Å². The van der Waals surface area contributed by atoms with E-state index in [-0.39, 0.29) is 35.8 Å². The molecule has 0 amide bonds. The highest BCUT2D eigenvalue weighted by Gasteiger charge is 2.33. The monoisotopic (exact) mass is 711 g/mol. The van der Waals surface area contributed by atoms with Crippen LogP contribution in [0.1, 0.15) is 176 Å². The van der Waals surface area contributed by atoms with Gasteiger partial charge in [-0.1, -0.05) is 52.4 Å². The van der Waals surface area contributed by atoms with Gasteiger partial charge in [-0.3, -0.25) is 0 Å². The van der Waals surface area contributed by atoms with Gasteiger partial charge in [0.05, 0.1) is 0 Å². The number of benzene rings is 2. The van der Waals surface area contributed by atoms with E-state index in [9.17, 15) is 0 Å². The average Bonchev–Trinajstić information content (AvgIpc) is 3.16. The SMILES string of the molecule is CCC1CCC(C2CCC(c3cc(F)c(CCCOCCCc4c(F)cc(C5CCC(C6CCC(CC)CC6)CC5)cc4F)c(F)c3)CC2)CC1. The van der Waals surface area contributed by atoms with Gasteiger partial charge in [-0.05, 0) is 185 Å². The van der Waals surface area contributed by atoms with E-state index in [1.807, 2.05) is 0 Å². The molecule has 2 aromatic carbocycles. The third-order valence-corrected chi connectivity index (χ3v) is 14.5. The number of hydrogen-bond acceptors (Lipinski definition) is 1. The third kappa shape index (κ3) is 10.2. The molecule has 4 aliphatic carbocycles. The second-order valence-corrected chi connectivity index (χ2v) is 17.3. The van der Waals surface area contributed by atoms with Crippen molar-refractivity contribution in [3.63, 3.8) is 0 Å². The summed E-state index contributed by atoms with van der Waals surface area (Å²) in [7, 11) is 0. The summed E-state index contributed by atoms with van der Waals surface area (Å²) >= 11 is 0. The fraction of sp³-hybridized carbons (Fsp3) is 0.739. The fourth-order valence-electron chi connectivity index (χ4n) is 11.0. The molecule has 4 aliphatic rings. The van der Waals surface area contributed by atoms with Crippen molar-refractivity contribution < 1.29 is 22.3 Å². The lowest BCUT2D eigenvalue weighted by molar-refractivity contribution is 0.129. The molecule has 6 rings (SSSR count). The largest absolute Gasteiger partial charge is 0.381 e. The summed E-state index contributed by atoms with van der Waals surface area (Å²) in [5.41, 5.74) is 1.91. The highest BCUT2D eigenvalue weighted by molar-refractivity contribution is 5.30. The Bertz CT molecular complexity index is 1210. The summed E-state index contributed by atoms with van der Waals surface area (Å²) in [6, 6.07) is 6.31. The number of ether oxygens (including phenoxy) is 1. The van der Waals surface area contributed by atoms with Crippen LogP contribution in [0.3, 0.4) is 0 Å². The van der Waals surface area contributed by atoms with Crippen molar-refractivity contribution in [1.82, 2.24) is 0 Å². The van der Waals surface area contributed by atoms with Crippen LogP contribution in [0.15, 0.2) is 24.3 Å². The maximum absolute atomic E-state index is 15.1. The Morgan fingerprint density at radius 3 is 1.04 bits per heavy atom. The maximum Gasteiger partial charge on any atom is 0.129 e. The van der Waals surface area contributed by atoms with Gasteiger partial charge in [0.25, 0.3) is 0 Å². The zero-order valence-corrected chi connectivity index (χ0v) is 31.8. The average molecular weight is 711 g/mol. The van der Waals surface area contributed by atoms with Gasteiger partial charge in [-0.2, -0.15) is 0 Å². The molecule has 4 saturated carbocycles. The summed E-state index contributed by atoms with van der Waals surface area (Å²) in [5, 5.41) is 0. The molecule has 0 heterocycles. The van der Waals surface area contributed by atoms with Gasteiger partial charge in [0.1, 0.15) is 23.3 Å². The van der Waals surface area contributed by atoms with Crippen molar-refractivity contribution in [2.75, 3.05) is 13.2 Å². The first kappa shape index (κ1) is 38.8. The minimum absolute atomic E-state index is 0.139. The molecule has 284 valence electrons. The number of halogens is 4. The van der Waals surface area contributed by atoms with Crippen molar-refractivity contribution >= 4 is 0 Å². The van der Waals surface area contributed by atoms with Gasteiger partial charge < -0.3 is 4.74 Å². The Balaban J connectivity index is 0.875. The van der Waals surface area contributed by atoms with Crippen LogP contribution in [0.2, 0.25) is 0 Å². The van der Waals surface area contributed by atoms with E-state index in [0.29, 0.717) is 26.1 Å². The zero-order valence-electron chi connectivity index (χ0n) is 31.8. The summed E-state index contributed by atoms with van der Waals surface area (Å²) in [6.45, 7) is 5.34. The quantitative estimate of drug-likeness (QED) is 0.140. The van der Waals surface area contributed by atoms with Crippen molar-refractivity contribution in [2.24, 2.45) is 35.5 Å². The van der Waals surface area contributed by atoms with E-state index in [2.05, 4.69) is 13.8 Å². The third-order valence-electron chi connectivity index (χ3n) is 14.5. The summed E-state index contributed by atoms with van der Waals surface area (Å²) in [4.78, 5) is 0. The van der Waals surface area contributed by atoms with Crippen molar-refractivity contribution in [2.45, 2.75) is 167 Å². The van der Waals surface area contributed by atoms with E-state index in [4.69, 9.17) is 4.74 Å². The zero-order chi connectivity index (χ0) is 35.7. The molecular weight excluding hydrogens is 644 g/mol. The van der Waals surface area contributed by atoms with Crippen molar-refractivity contribution in [1.29, 1.82) is 0 Å². The lowest BCUT2D eigenvalue weighted by Crippen LogP contribution is -2.25. The maximum atomic E-state index is 15.1. The predicted molar refractivity (Wildman–Crippen MR) is 201 cm³/mol. The van der Waals surface area contributed by atoms with E-state index in [1.165, 1.54) is 89.9 Å². The van der Waals surface area contributed by atoms with E-state index < -0.39 is 23.3 Å². The Morgan fingerprint density at radius 1 is 0.451 bits per heavy atom. The molecule has 0 aliphatic heterocycles. The minimum atomic E-state index is -0.443. The van der Waals surface area contributed by atoms with E-state index in [1.54, 1.807) is 24.3 Å². The van der Waals surface area contributed by atoms with Crippen molar-refractivity contribution in [3.8, 4) is 0 Å². The Kier molecular flexibility index (Phi) is 14.4. The molecule has 5 heteroatoms. The molecule has 0 spiro atoms. The van der Waals surface area contributed by atoms with Crippen LogP contribution < -0.4 is 0 Å². The summed E-state index contributed by atoms with van der Waals surface area (Å²) in [5.74, 6) is 3.82. The van der Waals surface area contributed by atoms with Crippen LogP contribution in [0.5, 0.6) is 0 Å². The van der Waals surface area contributed by atoms with Crippen LogP contribution in [-0.4, -0.2) is 13.2 Å². The smallest absolute Gasteiger partial charge is 0.129 e. The number of rotatable bonds is 14. The molecule has 0 atom stereocenters. The van der Waals surface area contributed by atoms with E-state index >= 15 is 17.6 Å². The Morgan fingerprint density at radius 2 is 0.745 bits per heavy atom. The van der Waals surface area contributed by atoms with Crippen LogP contribution in [0.25, 0.3) is 0 Å². The molecule has 0 aromatic heterocycles. The normalized spacial score (nSPS) is 30.4. The molecule has 0 N–H and O–H groups in total. The standard InChI is InChI=1S/C46H66F4O/c1-3-31-9-13-33(14-10-31)35-17-21-37(22-18-35)39-27-43(47)41(44(48)28-39)7-5-25-51-26-6-8-42-45(49)29-40(30-46(42)50)38-23-19-36(20-24-38)34-15-11-32(4-2)12-16-34/h27-38H,3-26H2,1-2H3. The van der Waals surface area contributed by atoms with Gasteiger partial charge in [-0.25, -0.2) is 17.6 Å². The topological polar surface area (TPSA) is 9.23 Å². The minimum Gasteiger partial charge on any atom is -0.381 e. The molecule has 0 saturated heterocycles. The first-order valence-electron chi connectivity index (χ1n) is 21.4. The van der Waals surface area contributed by atoms with E-state index in [0.717, 1.165) is 72.3 Å². The molecule has 2 aromatic rings. The van der Waals surface area contributed by atoms with Crippen molar-refractivity contribution in [3.05, 3.63) is 69.8 Å². The van der Waals surface area contributed by atoms with Gasteiger partial charge in [0.2, 0.25) is 0 Å². The summed E-state index contributed by atoms with van der Waals surface area (Å²) < 4.78 is 66.2. The predicted octanol–water partition coefficient (Wildman–Crippen LogP) is 13.8. The molecule has 51 heavy (non-hydrogen) atoms. The van der Waals surface area contributed by atoms with Gasteiger partial charge in [0.15, 0.2) is 0 Å². The Hall–Kier alpha value is -1.88. The molecule has 0 bridgehead atoms. The van der Waals surface area contributed by atoms with Crippen LogP contribution in [-0.2, 0) is 17.6 Å². The molecule has 4 fully saturated rings. The van der Waals surface area contributed by atoms with Gasteiger partial charge >= 0.3 is 0 Å². The molecule has 1 nitrogen and oxygen atoms in total. The fourth-order valence-corrected chi connectivity index (χ4v) is 11.0. The second kappa shape index (κ2) is 18.9. The Labute approximate surface area is 307 Å². The van der Waals surface area contributed by atoms with Crippen LogP contribution in [0, 0.1) is 58.8 Å². The molecular formula is C46H66F4O. The highest BCUT2D eigenvalue weighted by Crippen LogP contribution is 2.46. The highest BCUT2D eigenvalue weighted by atomic mass is 19.1. The molecule has 0 radical (unpaired) electrons. The number of hydrogen-bond donors (Lipinski definition) is 0. The second-order valence-electron chi connectivity index (χ2n) is 17.3. The van der Waals surface area contributed by atoms with Crippen LogP contribution >= 0.6 is 0 Å². The first-order valence-corrected chi connectivity index (χ1v) is 21.4. The lowest BCUT2D eigenvalue weighted by Gasteiger charge is -2.38. The lowest BCUT2D eigenvalue weighted by atomic mass is 9.68. The van der Waals surface area contributed by atoms with Crippen LogP contribution in [0.4, 0.5) is 17.6 Å². The summed E-state index contributed by atoms with van der Waals surface area (Å²) in [6.07, 6.45) is 23.9. The first-order chi connectivity index (χ1) is 24.8. The van der Waals surface area contributed by atoms with Gasteiger partial charge in [-0.15, -0.1) is 0 Å². The molecule has 0 unspecified atom stereocenters.